The van der Waals surface area contributed by atoms with Crippen molar-refractivity contribution in [2.45, 2.75) is 25.2 Å². The Labute approximate surface area is 128 Å². The fourth-order valence-electron chi connectivity index (χ4n) is 1.95. The fourth-order valence-corrected chi connectivity index (χ4v) is 2.79. The van der Waals surface area contributed by atoms with Crippen molar-refractivity contribution in [3.63, 3.8) is 0 Å². The minimum Gasteiger partial charge on any atom is -0.356 e. The van der Waals surface area contributed by atoms with Gasteiger partial charge in [-0.15, -0.1) is 0 Å². The average molecular weight is 314 g/mol. The van der Waals surface area contributed by atoms with Crippen molar-refractivity contribution < 1.29 is 8.42 Å². The van der Waals surface area contributed by atoms with Gasteiger partial charge in [0.15, 0.2) is 0 Å². The van der Waals surface area contributed by atoms with Crippen LogP contribution in [0.2, 0.25) is 0 Å². The van der Waals surface area contributed by atoms with Crippen molar-refractivity contribution in [2.24, 2.45) is 11.7 Å². The summed E-state index contributed by atoms with van der Waals surface area (Å²) in [6.07, 6.45) is 2.30. The third kappa shape index (κ3) is 4.94. The molecule has 1 aromatic rings. The maximum Gasteiger partial charge on any atom is 0.244 e. The van der Waals surface area contributed by atoms with Gasteiger partial charge >= 0.3 is 0 Å². The summed E-state index contributed by atoms with van der Waals surface area (Å²) >= 11 is 0. The lowest BCUT2D eigenvalue weighted by Gasteiger charge is -2.25. The molecule has 0 radical (unpaired) electrons. The smallest absolute Gasteiger partial charge is 0.244 e. The zero-order chi connectivity index (χ0) is 16.0. The van der Waals surface area contributed by atoms with E-state index in [1.54, 1.807) is 12.1 Å². The molecular weight excluding hydrogens is 288 g/mol. The van der Waals surface area contributed by atoms with E-state index in [9.17, 15) is 8.42 Å². The number of nitrogens with zero attached hydrogens (tertiary/aromatic N) is 3. The SMILES string of the molecule is CC(C)CN(CCCN)c1ccc(S(=O)(=O)N(C)C)cn1. The van der Waals surface area contributed by atoms with Gasteiger partial charge in [-0.1, -0.05) is 13.8 Å². The molecule has 0 aliphatic rings. The van der Waals surface area contributed by atoms with Crippen LogP contribution in [0.15, 0.2) is 23.2 Å². The molecule has 0 aliphatic heterocycles. The molecule has 0 unspecified atom stereocenters. The number of aromatic nitrogens is 1. The van der Waals surface area contributed by atoms with Gasteiger partial charge in [-0.2, -0.15) is 0 Å². The Morgan fingerprint density at radius 2 is 1.95 bits per heavy atom. The molecule has 0 bridgehead atoms. The molecule has 1 rings (SSSR count). The zero-order valence-electron chi connectivity index (χ0n) is 13.3. The maximum absolute atomic E-state index is 12.0. The number of pyridine rings is 1. The van der Waals surface area contributed by atoms with E-state index in [2.05, 4.69) is 23.7 Å². The van der Waals surface area contributed by atoms with Crippen molar-refractivity contribution in [3.05, 3.63) is 18.3 Å². The van der Waals surface area contributed by atoms with Gasteiger partial charge in [0.1, 0.15) is 10.7 Å². The van der Waals surface area contributed by atoms with E-state index >= 15 is 0 Å². The van der Waals surface area contributed by atoms with E-state index in [1.165, 1.54) is 24.6 Å². The molecule has 21 heavy (non-hydrogen) atoms. The first kappa shape index (κ1) is 17.9. The number of sulfonamides is 1. The lowest BCUT2D eigenvalue weighted by molar-refractivity contribution is 0.520. The number of hydrogen-bond donors (Lipinski definition) is 1. The molecular formula is C14H26N4O2S. The molecule has 120 valence electrons. The highest BCUT2D eigenvalue weighted by Crippen LogP contribution is 2.17. The predicted molar refractivity (Wildman–Crippen MR) is 85.8 cm³/mol. The zero-order valence-corrected chi connectivity index (χ0v) is 14.1. The minimum atomic E-state index is -3.43. The number of nitrogens with two attached hydrogens (primary N) is 1. The second-order valence-corrected chi connectivity index (χ2v) is 7.77. The number of anilines is 1. The molecule has 7 heteroatoms. The molecule has 0 aromatic carbocycles. The van der Waals surface area contributed by atoms with Crippen LogP contribution in [0.3, 0.4) is 0 Å². The molecule has 0 saturated heterocycles. The van der Waals surface area contributed by atoms with Crippen LogP contribution in [-0.4, -0.2) is 51.4 Å². The average Bonchev–Trinajstić information content (AvgIpc) is 2.43. The Hall–Kier alpha value is -1.18. The van der Waals surface area contributed by atoms with Crippen molar-refractivity contribution >= 4 is 15.8 Å². The molecule has 1 heterocycles. The largest absolute Gasteiger partial charge is 0.356 e. The quantitative estimate of drug-likeness (QED) is 0.778. The van der Waals surface area contributed by atoms with Gasteiger partial charge in [0, 0.05) is 33.4 Å². The van der Waals surface area contributed by atoms with Crippen LogP contribution in [-0.2, 0) is 10.0 Å². The maximum atomic E-state index is 12.0. The molecule has 1 aromatic heterocycles. The van der Waals surface area contributed by atoms with Gasteiger partial charge in [-0.25, -0.2) is 17.7 Å². The normalized spacial score (nSPS) is 12.1. The Balaban J connectivity index is 2.97. The van der Waals surface area contributed by atoms with Gasteiger partial charge in [0.2, 0.25) is 10.0 Å². The first-order valence-corrected chi connectivity index (χ1v) is 8.56. The van der Waals surface area contributed by atoms with Crippen LogP contribution in [0, 0.1) is 5.92 Å². The van der Waals surface area contributed by atoms with E-state index in [1.807, 2.05) is 0 Å². The molecule has 0 fully saturated rings. The third-order valence-corrected chi connectivity index (χ3v) is 4.84. The van der Waals surface area contributed by atoms with Crippen LogP contribution in [0.25, 0.3) is 0 Å². The third-order valence-electron chi connectivity index (χ3n) is 3.04. The summed E-state index contributed by atoms with van der Waals surface area (Å²) in [6.45, 7) is 6.59. The van der Waals surface area contributed by atoms with Crippen LogP contribution >= 0.6 is 0 Å². The topological polar surface area (TPSA) is 79.5 Å². The summed E-state index contributed by atoms with van der Waals surface area (Å²) in [5.41, 5.74) is 5.57. The summed E-state index contributed by atoms with van der Waals surface area (Å²) in [6, 6.07) is 3.36. The monoisotopic (exact) mass is 314 g/mol. The highest BCUT2D eigenvalue weighted by atomic mass is 32.2. The summed E-state index contributed by atoms with van der Waals surface area (Å²) in [7, 11) is -0.408. The first-order valence-electron chi connectivity index (χ1n) is 7.12. The van der Waals surface area contributed by atoms with E-state index < -0.39 is 10.0 Å². The molecule has 0 amide bonds. The van der Waals surface area contributed by atoms with E-state index in [4.69, 9.17) is 5.73 Å². The van der Waals surface area contributed by atoms with Crippen molar-refractivity contribution in [1.82, 2.24) is 9.29 Å². The lowest BCUT2D eigenvalue weighted by atomic mass is 10.2. The highest BCUT2D eigenvalue weighted by Gasteiger charge is 2.18. The van der Waals surface area contributed by atoms with Crippen LogP contribution in [0.5, 0.6) is 0 Å². The van der Waals surface area contributed by atoms with Crippen molar-refractivity contribution in [2.75, 3.05) is 38.6 Å². The molecule has 0 aliphatic carbocycles. The van der Waals surface area contributed by atoms with Gasteiger partial charge in [0.05, 0.1) is 0 Å². The summed E-state index contributed by atoms with van der Waals surface area (Å²) in [4.78, 5) is 6.66. The van der Waals surface area contributed by atoms with Crippen LogP contribution in [0.1, 0.15) is 20.3 Å². The summed E-state index contributed by atoms with van der Waals surface area (Å²) in [5.74, 6) is 1.28. The van der Waals surface area contributed by atoms with Gasteiger partial charge < -0.3 is 10.6 Å². The first-order chi connectivity index (χ1) is 9.78. The Morgan fingerprint density at radius 3 is 2.38 bits per heavy atom. The second-order valence-electron chi connectivity index (χ2n) is 5.62. The Morgan fingerprint density at radius 1 is 1.29 bits per heavy atom. The van der Waals surface area contributed by atoms with Gasteiger partial charge in [-0.3, -0.25) is 0 Å². The van der Waals surface area contributed by atoms with Gasteiger partial charge in [0.25, 0.3) is 0 Å². The Kier molecular flexibility index (Phi) is 6.57. The molecule has 2 N–H and O–H groups in total. The summed E-state index contributed by atoms with van der Waals surface area (Å²) < 4.78 is 25.2. The number of hydrogen-bond acceptors (Lipinski definition) is 5. The van der Waals surface area contributed by atoms with Crippen molar-refractivity contribution in [1.29, 1.82) is 0 Å². The van der Waals surface area contributed by atoms with Crippen molar-refractivity contribution in [3.8, 4) is 0 Å². The second kappa shape index (κ2) is 7.72. The van der Waals surface area contributed by atoms with E-state index in [0.29, 0.717) is 12.5 Å². The predicted octanol–water partition coefficient (Wildman–Crippen LogP) is 1.14. The minimum absolute atomic E-state index is 0.208. The molecule has 6 nitrogen and oxygen atoms in total. The Bertz CT molecular complexity index is 526. The molecule has 0 atom stereocenters. The lowest BCUT2D eigenvalue weighted by Crippen LogP contribution is -2.30. The van der Waals surface area contributed by atoms with Gasteiger partial charge in [-0.05, 0) is 31.0 Å². The molecule has 0 spiro atoms. The fraction of sp³-hybridized carbons (Fsp3) is 0.643. The summed E-state index contributed by atoms with van der Waals surface area (Å²) in [5, 5.41) is 0. The van der Waals surface area contributed by atoms with Crippen LogP contribution in [0.4, 0.5) is 5.82 Å². The van der Waals surface area contributed by atoms with Crippen LogP contribution < -0.4 is 10.6 Å². The highest BCUT2D eigenvalue weighted by molar-refractivity contribution is 7.89. The standard InChI is InChI=1S/C14H26N4O2S/c1-12(2)11-18(9-5-8-15)14-7-6-13(10-16-14)21(19,20)17(3)4/h6-7,10,12H,5,8-9,11,15H2,1-4H3. The number of rotatable bonds is 8. The van der Waals surface area contributed by atoms with E-state index in [0.717, 1.165) is 25.3 Å². The van der Waals surface area contributed by atoms with E-state index in [-0.39, 0.29) is 4.90 Å². The molecule has 0 saturated carbocycles.